The van der Waals surface area contributed by atoms with Crippen LogP contribution in [0.2, 0.25) is 0 Å². The molecule has 8 heteroatoms. The third-order valence-corrected chi connectivity index (χ3v) is 5.57. The first-order valence-electron chi connectivity index (χ1n) is 10.1. The highest BCUT2D eigenvalue weighted by atomic mass is 16.6. The zero-order valence-corrected chi connectivity index (χ0v) is 18.7. The van der Waals surface area contributed by atoms with Gasteiger partial charge in [-0.1, -0.05) is 0 Å². The van der Waals surface area contributed by atoms with Gasteiger partial charge >= 0.3 is 13.6 Å². The first kappa shape index (κ1) is 22.8. The Kier molecular flexibility index (Phi) is 6.56. The van der Waals surface area contributed by atoms with Crippen LogP contribution in [0.5, 0.6) is 0 Å². The van der Waals surface area contributed by atoms with Crippen molar-refractivity contribution in [3.05, 3.63) is 11.9 Å². The van der Waals surface area contributed by atoms with E-state index in [1.165, 1.54) is 0 Å². The molecule has 0 aliphatic carbocycles. The predicted octanol–water partition coefficient (Wildman–Crippen LogP) is 2.31. The molecular formula is C20H36BN3O4. The number of carbonyl (C=O) groups is 1. The molecule has 2 heterocycles. The summed E-state index contributed by atoms with van der Waals surface area (Å²) in [4.78, 5) is 14.0. The van der Waals surface area contributed by atoms with Crippen molar-refractivity contribution < 1.29 is 19.3 Å². The number of aromatic nitrogens is 2. The van der Waals surface area contributed by atoms with Gasteiger partial charge in [-0.25, -0.2) is 4.79 Å². The molecule has 0 spiro atoms. The van der Waals surface area contributed by atoms with Crippen molar-refractivity contribution >= 4 is 19.0 Å². The van der Waals surface area contributed by atoms with Crippen molar-refractivity contribution in [2.45, 2.75) is 91.1 Å². The van der Waals surface area contributed by atoms with Crippen LogP contribution in [0.3, 0.4) is 0 Å². The van der Waals surface area contributed by atoms with E-state index in [1.54, 1.807) is 18.7 Å². The second-order valence-corrected chi connectivity index (χ2v) is 9.78. The number of aryl methyl sites for hydroxylation is 1. The van der Waals surface area contributed by atoms with Gasteiger partial charge in [-0.3, -0.25) is 4.68 Å². The summed E-state index contributed by atoms with van der Waals surface area (Å²) in [7, 11) is 0.402. The topological polar surface area (TPSA) is 76.8 Å². The Balaban J connectivity index is 1.94. The van der Waals surface area contributed by atoms with E-state index in [1.807, 2.05) is 52.4 Å². The van der Waals surface area contributed by atoms with Crippen molar-refractivity contribution in [3.63, 3.8) is 0 Å². The van der Waals surface area contributed by atoms with Crippen LogP contribution in [0.25, 0.3) is 0 Å². The summed E-state index contributed by atoms with van der Waals surface area (Å²) in [6, 6.07) is 0.258. The highest BCUT2D eigenvalue weighted by Crippen LogP contribution is 2.25. The van der Waals surface area contributed by atoms with Gasteiger partial charge in [0.1, 0.15) is 5.60 Å². The minimum absolute atomic E-state index is 0.245. The van der Waals surface area contributed by atoms with Crippen LogP contribution in [0.4, 0.5) is 4.79 Å². The Morgan fingerprint density at radius 3 is 2.25 bits per heavy atom. The molecule has 1 saturated heterocycles. The van der Waals surface area contributed by atoms with Gasteiger partial charge in [-0.2, -0.15) is 5.10 Å². The zero-order valence-electron chi connectivity index (χ0n) is 18.7. The molecule has 0 saturated carbocycles. The van der Waals surface area contributed by atoms with Gasteiger partial charge in [-0.15, -0.1) is 0 Å². The minimum Gasteiger partial charge on any atom is -0.444 e. The van der Waals surface area contributed by atoms with Crippen molar-refractivity contribution in [1.82, 2.24) is 14.7 Å². The normalized spacial score (nSPS) is 17.0. The Labute approximate surface area is 169 Å². The highest BCUT2D eigenvalue weighted by Gasteiger charge is 2.36. The number of likely N-dealkylation sites (tertiary alicyclic amines) is 1. The number of hydrogen-bond acceptors (Lipinski definition) is 5. The van der Waals surface area contributed by atoms with Gasteiger partial charge in [0, 0.05) is 19.3 Å². The summed E-state index contributed by atoms with van der Waals surface area (Å²) in [5.74, 6) is 0. The van der Waals surface area contributed by atoms with Crippen LogP contribution in [-0.2, 0) is 9.39 Å². The zero-order chi connectivity index (χ0) is 21.3. The monoisotopic (exact) mass is 393 g/mol. The quantitative estimate of drug-likeness (QED) is 0.777. The molecule has 0 aromatic carbocycles. The van der Waals surface area contributed by atoms with Gasteiger partial charge < -0.3 is 19.4 Å². The Morgan fingerprint density at radius 1 is 1.18 bits per heavy atom. The molecule has 7 nitrogen and oxygen atoms in total. The Bertz CT molecular complexity index is 681. The van der Waals surface area contributed by atoms with Gasteiger partial charge in [0.2, 0.25) is 0 Å². The molecule has 158 valence electrons. The van der Waals surface area contributed by atoms with E-state index in [4.69, 9.17) is 9.39 Å². The third-order valence-electron chi connectivity index (χ3n) is 5.57. The average Bonchev–Trinajstić information content (AvgIpc) is 2.91. The average molecular weight is 393 g/mol. The number of carbonyl (C=O) groups excluding carboxylic acids is 1. The second-order valence-electron chi connectivity index (χ2n) is 9.78. The van der Waals surface area contributed by atoms with E-state index < -0.39 is 16.8 Å². The molecule has 1 amide bonds. The number of aliphatic hydroxyl groups is 1. The van der Waals surface area contributed by atoms with Gasteiger partial charge in [-0.05, 0) is 73.7 Å². The first-order chi connectivity index (χ1) is 12.7. The molecule has 0 unspecified atom stereocenters. The molecule has 1 aliphatic rings. The number of nitrogens with zero attached hydrogens (tertiary/aromatic N) is 3. The first-order valence-corrected chi connectivity index (χ1v) is 10.1. The maximum Gasteiger partial charge on any atom is 0.410 e. The summed E-state index contributed by atoms with van der Waals surface area (Å²) in [6.07, 6.45) is 3.47. The van der Waals surface area contributed by atoms with E-state index in [9.17, 15) is 9.90 Å². The van der Waals surface area contributed by atoms with Crippen molar-refractivity contribution in [3.8, 4) is 0 Å². The van der Waals surface area contributed by atoms with Crippen molar-refractivity contribution in [2.24, 2.45) is 0 Å². The van der Waals surface area contributed by atoms with Crippen LogP contribution in [-0.4, -0.2) is 63.3 Å². The largest absolute Gasteiger partial charge is 0.444 e. The van der Waals surface area contributed by atoms with E-state index in [0.29, 0.717) is 20.6 Å². The van der Waals surface area contributed by atoms with Crippen LogP contribution < -0.4 is 5.46 Å². The second kappa shape index (κ2) is 8.07. The maximum atomic E-state index is 12.2. The summed E-state index contributed by atoms with van der Waals surface area (Å²) < 4.78 is 13.4. The fourth-order valence-corrected chi connectivity index (χ4v) is 2.92. The summed E-state index contributed by atoms with van der Waals surface area (Å²) in [5, 5.41) is 14.9. The summed E-state index contributed by atoms with van der Waals surface area (Å²) >= 11 is 0. The molecule has 1 N–H and O–H groups in total. The van der Waals surface area contributed by atoms with Crippen LogP contribution in [0.1, 0.15) is 73.0 Å². The molecule has 28 heavy (non-hydrogen) atoms. The molecule has 0 bridgehead atoms. The van der Waals surface area contributed by atoms with Crippen LogP contribution in [0, 0.1) is 6.92 Å². The van der Waals surface area contributed by atoms with Crippen LogP contribution >= 0.6 is 0 Å². The number of hydrogen-bond donors (Lipinski definition) is 1. The smallest absolute Gasteiger partial charge is 0.410 e. The summed E-state index contributed by atoms with van der Waals surface area (Å²) in [6.45, 7) is 16.2. The molecule has 2 rings (SSSR count). The SMILES string of the molecule is Cc1nn(C2CCN(C(=O)OC(C)(C)C)CC2)cc1BOC(C)(C)C(C)(C)O. The fraction of sp³-hybridized carbons (Fsp3) is 0.800. The van der Waals surface area contributed by atoms with E-state index in [2.05, 4.69) is 5.10 Å². The Hall–Kier alpha value is -1.54. The molecule has 1 aliphatic heterocycles. The standard InChI is InChI=1S/C20H36BN3O4/c1-14-16(21-28-20(7,8)19(5,6)26)13-24(22-14)15-9-11-23(12-10-15)17(25)27-18(2,3)4/h13,15,21,26H,9-12H2,1-8H3. The number of amides is 1. The summed E-state index contributed by atoms with van der Waals surface area (Å²) in [5.41, 5.74) is -0.127. The van der Waals surface area contributed by atoms with Crippen molar-refractivity contribution in [1.29, 1.82) is 0 Å². The van der Waals surface area contributed by atoms with Crippen molar-refractivity contribution in [2.75, 3.05) is 13.1 Å². The molecule has 0 radical (unpaired) electrons. The third kappa shape index (κ3) is 5.73. The number of piperidine rings is 1. The molecular weight excluding hydrogens is 357 g/mol. The van der Waals surface area contributed by atoms with Gasteiger partial charge in [0.15, 0.2) is 0 Å². The van der Waals surface area contributed by atoms with Gasteiger partial charge in [0.05, 0.1) is 22.9 Å². The van der Waals surface area contributed by atoms with E-state index in [0.717, 1.165) is 24.0 Å². The van der Waals surface area contributed by atoms with E-state index >= 15 is 0 Å². The Morgan fingerprint density at radius 2 is 1.75 bits per heavy atom. The maximum absolute atomic E-state index is 12.2. The van der Waals surface area contributed by atoms with E-state index in [-0.39, 0.29) is 12.1 Å². The molecule has 0 atom stereocenters. The molecule has 1 aromatic rings. The van der Waals surface area contributed by atoms with Gasteiger partial charge in [0.25, 0.3) is 0 Å². The minimum atomic E-state index is -0.939. The number of rotatable bonds is 5. The lowest BCUT2D eigenvalue weighted by atomic mass is 9.83. The predicted molar refractivity (Wildman–Crippen MR) is 111 cm³/mol. The molecule has 1 aromatic heterocycles. The lowest BCUT2D eigenvalue weighted by Crippen LogP contribution is -2.49. The highest BCUT2D eigenvalue weighted by molar-refractivity contribution is 6.47. The lowest BCUT2D eigenvalue weighted by molar-refractivity contribution is -0.0893. The van der Waals surface area contributed by atoms with Crippen LogP contribution in [0.15, 0.2) is 6.20 Å². The molecule has 1 fully saturated rings. The fourth-order valence-electron chi connectivity index (χ4n) is 2.92. The lowest BCUT2D eigenvalue weighted by Gasteiger charge is -2.37. The number of ether oxygens (including phenoxy) is 1.